The van der Waals surface area contributed by atoms with Crippen molar-refractivity contribution in [2.24, 2.45) is 0 Å². The fourth-order valence-electron chi connectivity index (χ4n) is 0.209. The molecule has 0 bridgehead atoms. The van der Waals surface area contributed by atoms with E-state index in [1.165, 1.54) is 0 Å². The van der Waals surface area contributed by atoms with Gasteiger partial charge in [0.25, 0.3) is 0 Å². The van der Waals surface area contributed by atoms with Crippen LogP contribution in [0.2, 0.25) is 0 Å². The van der Waals surface area contributed by atoms with E-state index in [-0.39, 0.29) is 54.8 Å². The first kappa shape index (κ1) is 16.3. The van der Waals surface area contributed by atoms with Gasteiger partial charge in [0, 0.05) is 68.5 Å². The molecular formula is C4H10AgInO2. The van der Waals surface area contributed by atoms with Crippen molar-refractivity contribution in [1.82, 2.24) is 0 Å². The van der Waals surface area contributed by atoms with Gasteiger partial charge in [0.15, 0.2) is 0 Å². The Bertz CT molecular complexity index is 26.0. The standard InChI is InChI=1S/C4H10O2.Ag.In/c1-6-4-2-3-5;;/h5H,2-4H2,1H3;;. The summed E-state index contributed by atoms with van der Waals surface area (Å²) in [6.45, 7) is 0.893. The summed E-state index contributed by atoms with van der Waals surface area (Å²) >= 11 is 0. The maximum Gasteiger partial charge on any atom is 0.0484 e. The number of methoxy groups -OCH3 is 1. The summed E-state index contributed by atoms with van der Waals surface area (Å²) in [5.74, 6) is 0. The monoisotopic (exact) mass is 312 g/mol. The van der Waals surface area contributed by atoms with Crippen LogP contribution in [0, 0.1) is 0 Å². The number of ether oxygens (including phenoxy) is 1. The average molecular weight is 313 g/mol. The molecule has 0 saturated heterocycles. The molecular weight excluding hydrogens is 303 g/mol. The predicted molar refractivity (Wildman–Crippen MR) is 29.3 cm³/mol. The Hall–Kier alpha value is 1.53. The minimum atomic E-state index is 0. The van der Waals surface area contributed by atoms with Crippen molar-refractivity contribution in [3.63, 3.8) is 0 Å². The number of hydrogen-bond acceptors (Lipinski definition) is 2. The molecule has 0 aliphatic rings. The molecule has 8 heavy (non-hydrogen) atoms. The second kappa shape index (κ2) is 15.8. The molecule has 0 aliphatic heterocycles. The van der Waals surface area contributed by atoms with Crippen molar-refractivity contribution in [3.05, 3.63) is 0 Å². The Kier molecular flexibility index (Phi) is 32.1. The molecule has 0 rings (SSSR count). The van der Waals surface area contributed by atoms with Crippen LogP contribution in [0.15, 0.2) is 0 Å². The normalized spacial score (nSPS) is 6.75. The minimum Gasteiger partial charge on any atom is -0.396 e. The van der Waals surface area contributed by atoms with Crippen LogP contribution in [0.1, 0.15) is 6.42 Å². The largest absolute Gasteiger partial charge is 0.396 e. The SMILES string of the molecule is COCCCO.[Ag].[In]. The van der Waals surface area contributed by atoms with Crippen molar-refractivity contribution >= 4 is 25.8 Å². The van der Waals surface area contributed by atoms with E-state index in [1.54, 1.807) is 7.11 Å². The van der Waals surface area contributed by atoms with E-state index in [4.69, 9.17) is 5.11 Å². The van der Waals surface area contributed by atoms with E-state index in [2.05, 4.69) is 4.74 Å². The number of aliphatic hydroxyl groups is 1. The first-order valence-electron chi connectivity index (χ1n) is 2.01. The van der Waals surface area contributed by atoms with Gasteiger partial charge in [-0.05, 0) is 6.42 Å². The van der Waals surface area contributed by atoms with Crippen molar-refractivity contribution < 1.29 is 32.2 Å². The Morgan fingerprint density at radius 1 is 1.50 bits per heavy atom. The smallest absolute Gasteiger partial charge is 0.0484 e. The zero-order valence-electron chi connectivity index (χ0n) is 4.86. The first-order chi connectivity index (χ1) is 2.91. The summed E-state index contributed by atoms with van der Waals surface area (Å²) in [7, 11) is 1.62. The van der Waals surface area contributed by atoms with Crippen LogP contribution < -0.4 is 0 Å². The molecule has 52 valence electrons. The van der Waals surface area contributed by atoms with Gasteiger partial charge in [0.2, 0.25) is 0 Å². The van der Waals surface area contributed by atoms with Crippen molar-refractivity contribution in [2.45, 2.75) is 6.42 Å². The van der Waals surface area contributed by atoms with Crippen LogP contribution in [0.25, 0.3) is 0 Å². The average Bonchev–Trinajstić information content (AvgIpc) is 1.61. The van der Waals surface area contributed by atoms with E-state index in [1.807, 2.05) is 0 Å². The summed E-state index contributed by atoms with van der Waals surface area (Å²) in [4.78, 5) is 0. The zero-order valence-corrected chi connectivity index (χ0v) is 9.63. The maximum atomic E-state index is 8.12. The summed E-state index contributed by atoms with van der Waals surface area (Å²) < 4.78 is 4.62. The molecule has 0 fully saturated rings. The summed E-state index contributed by atoms with van der Waals surface area (Å²) in [5, 5.41) is 8.12. The van der Waals surface area contributed by atoms with Gasteiger partial charge in [-0.15, -0.1) is 0 Å². The molecule has 0 spiro atoms. The van der Waals surface area contributed by atoms with E-state index in [9.17, 15) is 0 Å². The van der Waals surface area contributed by atoms with Crippen LogP contribution >= 0.6 is 0 Å². The van der Waals surface area contributed by atoms with Crippen molar-refractivity contribution in [2.75, 3.05) is 20.3 Å². The fourth-order valence-corrected chi connectivity index (χ4v) is 0.209. The van der Waals surface area contributed by atoms with E-state index < -0.39 is 0 Å². The van der Waals surface area contributed by atoms with Gasteiger partial charge in [-0.25, -0.2) is 0 Å². The molecule has 1 N–H and O–H groups in total. The van der Waals surface area contributed by atoms with Crippen LogP contribution in [0.5, 0.6) is 0 Å². The third-order valence-corrected chi connectivity index (χ3v) is 0.507. The molecule has 4 radical (unpaired) electrons. The van der Waals surface area contributed by atoms with Gasteiger partial charge >= 0.3 is 0 Å². The van der Waals surface area contributed by atoms with E-state index in [0.717, 1.165) is 6.42 Å². The molecule has 0 heterocycles. The van der Waals surface area contributed by atoms with Crippen LogP contribution in [0.4, 0.5) is 0 Å². The van der Waals surface area contributed by atoms with Gasteiger partial charge in [-0.3, -0.25) is 0 Å². The molecule has 0 aromatic heterocycles. The predicted octanol–water partition coefficient (Wildman–Crippen LogP) is -0.368. The minimum absolute atomic E-state index is 0. The summed E-state index contributed by atoms with van der Waals surface area (Å²) in [5.41, 5.74) is 0. The molecule has 0 aromatic rings. The molecule has 0 aliphatic carbocycles. The van der Waals surface area contributed by atoms with Gasteiger partial charge in [-0.1, -0.05) is 0 Å². The van der Waals surface area contributed by atoms with Crippen LogP contribution in [0.3, 0.4) is 0 Å². The maximum absolute atomic E-state index is 8.12. The second-order valence-electron chi connectivity index (χ2n) is 1.07. The summed E-state index contributed by atoms with van der Waals surface area (Å²) in [6, 6.07) is 0. The van der Waals surface area contributed by atoms with Crippen molar-refractivity contribution in [1.29, 1.82) is 0 Å². The molecule has 0 unspecified atom stereocenters. The molecule has 0 aromatic carbocycles. The topological polar surface area (TPSA) is 29.5 Å². The zero-order chi connectivity index (χ0) is 4.83. The van der Waals surface area contributed by atoms with E-state index in [0.29, 0.717) is 6.61 Å². The molecule has 0 saturated carbocycles. The van der Waals surface area contributed by atoms with Crippen LogP contribution in [-0.4, -0.2) is 51.3 Å². The third kappa shape index (κ3) is 15.6. The molecule has 2 nitrogen and oxygen atoms in total. The Morgan fingerprint density at radius 3 is 2.12 bits per heavy atom. The second-order valence-corrected chi connectivity index (χ2v) is 1.07. The third-order valence-electron chi connectivity index (χ3n) is 0.507. The van der Waals surface area contributed by atoms with Gasteiger partial charge in [0.05, 0.1) is 0 Å². The number of hydrogen-bond donors (Lipinski definition) is 1. The molecule has 0 atom stereocenters. The quantitative estimate of drug-likeness (QED) is 0.569. The Balaban J connectivity index is -0.000000125. The van der Waals surface area contributed by atoms with Crippen LogP contribution in [-0.2, 0) is 27.1 Å². The van der Waals surface area contributed by atoms with Crippen molar-refractivity contribution in [3.8, 4) is 0 Å². The van der Waals surface area contributed by atoms with Gasteiger partial charge in [-0.2, -0.15) is 0 Å². The molecule has 4 heteroatoms. The number of rotatable bonds is 3. The summed E-state index contributed by atoms with van der Waals surface area (Å²) in [6.07, 6.45) is 0.747. The van der Waals surface area contributed by atoms with Gasteiger partial charge in [0.1, 0.15) is 0 Å². The Labute approximate surface area is 84.3 Å². The Morgan fingerprint density at radius 2 is 2.00 bits per heavy atom. The fraction of sp³-hybridized carbons (Fsp3) is 1.00. The number of aliphatic hydroxyl groups excluding tert-OH is 1. The molecule has 0 amide bonds. The van der Waals surface area contributed by atoms with Gasteiger partial charge < -0.3 is 9.84 Å². The van der Waals surface area contributed by atoms with E-state index >= 15 is 0 Å². The first-order valence-corrected chi connectivity index (χ1v) is 2.01.